The summed E-state index contributed by atoms with van der Waals surface area (Å²) in [5.41, 5.74) is 0. The first-order chi connectivity index (χ1) is 9.04. The van der Waals surface area contributed by atoms with E-state index in [0.717, 1.165) is 48.5 Å². The van der Waals surface area contributed by atoms with E-state index in [4.69, 9.17) is 0 Å². The van der Waals surface area contributed by atoms with Gasteiger partial charge in [-0.15, -0.1) is 0 Å². The number of aliphatic hydroxyl groups is 1. The minimum absolute atomic E-state index is 0.0861. The van der Waals surface area contributed by atoms with Crippen LogP contribution in [0.15, 0.2) is 10.7 Å². The molecule has 5 heteroatoms. The molecule has 0 spiro atoms. The molecule has 1 aromatic heterocycles. The largest absolute Gasteiger partial charge is 0.393 e. The molecule has 0 saturated heterocycles. The Morgan fingerprint density at radius 1 is 1.32 bits per heavy atom. The molecule has 106 valence electrons. The summed E-state index contributed by atoms with van der Waals surface area (Å²) in [4.78, 5) is 8.90. The van der Waals surface area contributed by atoms with Gasteiger partial charge in [-0.2, -0.15) is 0 Å². The highest BCUT2D eigenvalue weighted by molar-refractivity contribution is 9.10. The minimum Gasteiger partial charge on any atom is -0.393 e. The highest BCUT2D eigenvalue weighted by Crippen LogP contribution is 2.25. The lowest BCUT2D eigenvalue weighted by atomic mass is 9.87. The van der Waals surface area contributed by atoms with Gasteiger partial charge in [-0.25, -0.2) is 9.97 Å². The number of hydrogen-bond acceptors (Lipinski definition) is 4. The normalized spacial score (nSPS) is 23.6. The van der Waals surface area contributed by atoms with Gasteiger partial charge >= 0.3 is 0 Å². The number of hydrogen-bond donors (Lipinski definition) is 2. The summed E-state index contributed by atoms with van der Waals surface area (Å²) < 4.78 is 0.827. The summed E-state index contributed by atoms with van der Waals surface area (Å²) in [6, 6.07) is 1.92. The van der Waals surface area contributed by atoms with Crippen LogP contribution in [0.25, 0.3) is 0 Å². The molecule has 1 aliphatic rings. The smallest absolute Gasteiger partial charge is 0.134 e. The number of nitrogens with zero attached hydrogens (tertiary/aromatic N) is 2. The second-order valence-electron chi connectivity index (χ2n) is 5.64. The van der Waals surface area contributed by atoms with Gasteiger partial charge in [0.2, 0.25) is 0 Å². The summed E-state index contributed by atoms with van der Waals surface area (Å²) in [5, 5.41) is 12.9. The van der Waals surface area contributed by atoms with Gasteiger partial charge < -0.3 is 10.4 Å². The van der Waals surface area contributed by atoms with E-state index in [1.54, 1.807) is 0 Å². The maximum Gasteiger partial charge on any atom is 0.134 e. The summed E-state index contributed by atoms with van der Waals surface area (Å²) in [5.74, 6) is 2.70. The van der Waals surface area contributed by atoms with Crippen LogP contribution in [0.5, 0.6) is 0 Å². The Bertz CT molecular complexity index is 417. The zero-order chi connectivity index (χ0) is 13.8. The molecule has 0 bridgehead atoms. The van der Waals surface area contributed by atoms with Gasteiger partial charge in [0.1, 0.15) is 16.2 Å². The van der Waals surface area contributed by atoms with Crippen molar-refractivity contribution in [1.82, 2.24) is 9.97 Å². The van der Waals surface area contributed by atoms with Gasteiger partial charge in [-0.05, 0) is 47.5 Å². The number of nitrogens with one attached hydrogen (secondary N) is 1. The van der Waals surface area contributed by atoms with Gasteiger partial charge in [0.05, 0.1) is 6.10 Å². The molecule has 0 unspecified atom stereocenters. The van der Waals surface area contributed by atoms with E-state index >= 15 is 0 Å². The molecule has 0 aliphatic heterocycles. The Morgan fingerprint density at radius 2 is 2.00 bits per heavy atom. The van der Waals surface area contributed by atoms with Crippen molar-refractivity contribution >= 4 is 21.7 Å². The maximum atomic E-state index is 9.50. The van der Waals surface area contributed by atoms with Crippen LogP contribution in [-0.2, 0) is 0 Å². The Hall–Kier alpha value is -0.680. The molecule has 0 amide bonds. The monoisotopic (exact) mass is 327 g/mol. The number of halogens is 1. The molecule has 1 aliphatic carbocycles. The zero-order valence-corrected chi connectivity index (χ0v) is 13.2. The molecule has 2 rings (SSSR count). The van der Waals surface area contributed by atoms with Gasteiger partial charge in [-0.1, -0.05) is 13.8 Å². The first-order valence-electron chi connectivity index (χ1n) is 7.01. The summed E-state index contributed by atoms with van der Waals surface area (Å²) in [7, 11) is 0. The lowest BCUT2D eigenvalue weighted by Gasteiger charge is -2.25. The second-order valence-corrected chi connectivity index (χ2v) is 6.46. The van der Waals surface area contributed by atoms with E-state index in [-0.39, 0.29) is 6.10 Å². The Morgan fingerprint density at radius 3 is 2.63 bits per heavy atom. The van der Waals surface area contributed by atoms with Crippen LogP contribution in [0.4, 0.5) is 5.82 Å². The SMILES string of the molecule is CC(C)c1nc(Br)cc(NCC2CCC(O)CC2)n1. The van der Waals surface area contributed by atoms with Gasteiger partial charge in [0.25, 0.3) is 0 Å². The van der Waals surface area contributed by atoms with Crippen LogP contribution in [0.2, 0.25) is 0 Å². The molecular weight excluding hydrogens is 306 g/mol. The molecule has 1 fully saturated rings. The molecule has 1 aromatic rings. The summed E-state index contributed by atoms with van der Waals surface area (Å²) >= 11 is 3.43. The van der Waals surface area contributed by atoms with E-state index in [1.807, 2.05) is 6.07 Å². The Labute approximate surface area is 123 Å². The molecule has 1 heterocycles. The summed E-state index contributed by atoms with van der Waals surface area (Å²) in [6.07, 6.45) is 3.96. The third kappa shape index (κ3) is 4.42. The first kappa shape index (κ1) is 14.7. The standard InChI is InChI=1S/C14H22BrN3O/c1-9(2)14-17-12(15)7-13(18-14)16-8-10-3-5-11(19)6-4-10/h7,9-11,19H,3-6,8H2,1-2H3,(H,16,17,18). The number of anilines is 1. The van der Waals surface area contributed by atoms with Crippen molar-refractivity contribution in [3.63, 3.8) is 0 Å². The molecule has 1 saturated carbocycles. The first-order valence-corrected chi connectivity index (χ1v) is 7.80. The van der Waals surface area contributed by atoms with Crippen LogP contribution in [-0.4, -0.2) is 27.7 Å². The molecule has 19 heavy (non-hydrogen) atoms. The predicted octanol–water partition coefficient (Wildman–Crippen LogP) is 3.33. The fourth-order valence-electron chi connectivity index (χ4n) is 2.38. The minimum atomic E-state index is -0.0861. The fraction of sp³-hybridized carbons (Fsp3) is 0.714. The second kappa shape index (κ2) is 6.66. The van der Waals surface area contributed by atoms with Gasteiger partial charge in [0, 0.05) is 18.5 Å². The molecule has 2 N–H and O–H groups in total. The average Bonchev–Trinajstić information content (AvgIpc) is 2.37. The number of aliphatic hydroxyl groups excluding tert-OH is 1. The molecular formula is C14H22BrN3O. The van der Waals surface area contributed by atoms with Crippen molar-refractivity contribution in [2.75, 3.05) is 11.9 Å². The average molecular weight is 328 g/mol. The molecule has 0 radical (unpaired) electrons. The molecule has 0 aromatic carbocycles. The van der Waals surface area contributed by atoms with Gasteiger partial charge in [-0.3, -0.25) is 0 Å². The van der Waals surface area contributed by atoms with E-state index in [9.17, 15) is 5.11 Å². The zero-order valence-electron chi connectivity index (χ0n) is 11.6. The van der Waals surface area contributed by atoms with Crippen molar-refractivity contribution in [2.45, 2.75) is 51.6 Å². The van der Waals surface area contributed by atoms with Crippen LogP contribution in [0.1, 0.15) is 51.3 Å². The Balaban J connectivity index is 1.92. The van der Waals surface area contributed by atoms with E-state index in [0.29, 0.717) is 11.8 Å². The highest BCUT2D eigenvalue weighted by atomic mass is 79.9. The van der Waals surface area contributed by atoms with Crippen molar-refractivity contribution in [3.05, 3.63) is 16.5 Å². The molecule has 0 atom stereocenters. The lowest BCUT2D eigenvalue weighted by molar-refractivity contribution is 0.111. The topological polar surface area (TPSA) is 58.0 Å². The highest BCUT2D eigenvalue weighted by Gasteiger charge is 2.19. The van der Waals surface area contributed by atoms with Crippen molar-refractivity contribution in [2.24, 2.45) is 5.92 Å². The number of aromatic nitrogens is 2. The van der Waals surface area contributed by atoms with E-state index in [2.05, 4.69) is 45.1 Å². The Kier molecular flexibility index (Phi) is 5.16. The third-order valence-electron chi connectivity index (χ3n) is 3.62. The van der Waals surface area contributed by atoms with Crippen molar-refractivity contribution in [3.8, 4) is 0 Å². The summed E-state index contributed by atoms with van der Waals surface area (Å²) in [6.45, 7) is 5.11. The van der Waals surface area contributed by atoms with Gasteiger partial charge in [0.15, 0.2) is 0 Å². The van der Waals surface area contributed by atoms with Crippen molar-refractivity contribution < 1.29 is 5.11 Å². The fourth-order valence-corrected chi connectivity index (χ4v) is 2.78. The van der Waals surface area contributed by atoms with E-state index < -0.39 is 0 Å². The van der Waals surface area contributed by atoms with Crippen molar-refractivity contribution in [1.29, 1.82) is 0 Å². The molecule has 4 nitrogen and oxygen atoms in total. The quantitative estimate of drug-likeness (QED) is 0.833. The van der Waals surface area contributed by atoms with Crippen LogP contribution in [0.3, 0.4) is 0 Å². The van der Waals surface area contributed by atoms with E-state index in [1.165, 1.54) is 0 Å². The van der Waals surface area contributed by atoms with Crippen LogP contribution >= 0.6 is 15.9 Å². The van der Waals surface area contributed by atoms with Crippen LogP contribution in [0, 0.1) is 5.92 Å². The third-order valence-corrected chi connectivity index (χ3v) is 4.02. The maximum absolute atomic E-state index is 9.50. The lowest BCUT2D eigenvalue weighted by Crippen LogP contribution is -2.24. The van der Waals surface area contributed by atoms with Crippen LogP contribution < -0.4 is 5.32 Å². The number of rotatable bonds is 4. The predicted molar refractivity (Wildman–Crippen MR) is 80.3 cm³/mol.